The molecule has 1 fully saturated rings. The van der Waals surface area contributed by atoms with Crippen LogP contribution in [0.1, 0.15) is 18.4 Å². The molecule has 0 aromatic heterocycles. The van der Waals surface area contributed by atoms with Gasteiger partial charge < -0.3 is 4.79 Å². The monoisotopic (exact) mass is 164 g/mol. The molecule has 1 aromatic rings. The van der Waals surface area contributed by atoms with Crippen LogP contribution in [-0.2, 0) is 10.2 Å². The van der Waals surface area contributed by atoms with E-state index in [2.05, 4.69) is 0 Å². The smallest absolute Gasteiger partial charge is 0.130 e. The Hall–Kier alpha value is -1.18. The Morgan fingerprint density at radius 1 is 1.25 bits per heavy atom. The Morgan fingerprint density at radius 3 is 2.25 bits per heavy atom. The van der Waals surface area contributed by atoms with E-state index in [4.69, 9.17) is 0 Å². The number of aldehydes is 1. The van der Waals surface area contributed by atoms with Gasteiger partial charge in [0.15, 0.2) is 0 Å². The topological polar surface area (TPSA) is 17.1 Å². The Labute approximate surface area is 70.2 Å². The Morgan fingerprint density at radius 2 is 1.83 bits per heavy atom. The number of rotatable bonds is 2. The van der Waals surface area contributed by atoms with Crippen LogP contribution in [0.3, 0.4) is 0 Å². The number of benzene rings is 1. The van der Waals surface area contributed by atoms with Gasteiger partial charge in [0.2, 0.25) is 0 Å². The summed E-state index contributed by atoms with van der Waals surface area (Å²) in [6, 6.07) is 6.19. The van der Waals surface area contributed by atoms with Crippen molar-refractivity contribution in [3.05, 3.63) is 35.6 Å². The molecule has 0 amide bonds. The van der Waals surface area contributed by atoms with E-state index >= 15 is 0 Å². The van der Waals surface area contributed by atoms with Gasteiger partial charge in [-0.2, -0.15) is 0 Å². The highest BCUT2D eigenvalue weighted by molar-refractivity contribution is 5.72. The zero-order chi connectivity index (χ0) is 8.60. The number of hydrogen-bond acceptors (Lipinski definition) is 1. The van der Waals surface area contributed by atoms with Crippen molar-refractivity contribution in [2.45, 2.75) is 18.3 Å². The SMILES string of the molecule is O=CC1(c2ccc(F)cc2)CC1. The highest BCUT2D eigenvalue weighted by Gasteiger charge is 2.44. The molecule has 0 heterocycles. The third-order valence-corrected chi connectivity index (χ3v) is 2.43. The molecule has 2 rings (SSSR count). The quantitative estimate of drug-likeness (QED) is 0.611. The van der Waals surface area contributed by atoms with Crippen molar-refractivity contribution in [3.63, 3.8) is 0 Å². The summed E-state index contributed by atoms with van der Waals surface area (Å²) in [6.07, 6.45) is 2.78. The first-order valence-electron chi connectivity index (χ1n) is 3.99. The van der Waals surface area contributed by atoms with Crippen LogP contribution in [0.15, 0.2) is 24.3 Å². The summed E-state index contributed by atoms with van der Waals surface area (Å²) in [5.74, 6) is -0.250. The average Bonchev–Trinajstić information content (AvgIpc) is 2.86. The van der Waals surface area contributed by atoms with Crippen LogP contribution in [0.2, 0.25) is 0 Å². The second kappa shape index (κ2) is 2.41. The van der Waals surface area contributed by atoms with Crippen molar-refractivity contribution >= 4 is 6.29 Å². The second-order valence-corrected chi connectivity index (χ2v) is 3.28. The predicted octanol–water partition coefficient (Wildman–Crippen LogP) is 2.06. The summed E-state index contributed by atoms with van der Waals surface area (Å²) in [6.45, 7) is 0. The molecule has 0 radical (unpaired) electrons. The fourth-order valence-corrected chi connectivity index (χ4v) is 1.39. The molecule has 0 saturated heterocycles. The van der Waals surface area contributed by atoms with Crippen molar-refractivity contribution < 1.29 is 9.18 Å². The highest BCUT2D eigenvalue weighted by atomic mass is 19.1. The van der Waals surface area contributed by atoms with Crippen LogP contribution >= 0.6 is 0 Å². The van der Waals surface area contributed by atoms with Crippen LogP contribution in [0.5, 0.6) is 0 Å². The van der Waals surface area contributed by atoms with Gasteiger partial charge in [-0.3, -0.25) is 0 Å². The fourth-order valence-electron chi connectivity index (χ4n) is 1.39. The summed E-state index contributed by atoms with van der Waals surface area (Å²) in [7, 11) is 0. The van der Waals surface area contributed by atoms with E-state index in [0.29, 0.717) is 0 Å². The van der Waals surface area contributed by atoms with Gasteiger partial charge in [-0.25, -0.2) is 4.39 Å². The Bertz CT molecular complexity index is 298. The summed E-state index contributed by atoms with van der Waals surface area (Å²) >= 11 is 0. The molecule has 0 aliphatic heterocycles. The summed E-state index contributed by atoms with van der Waals surface area (Å²) in [5.41, 5.74) is 0.673. The van der Waals surface area contributed by atoms with E-state index in [1.54, 1.807) is 12.1 Å². The van der Waals surface area contributed by atoms with E-state index in [0.717, 1.165) is 24.7 Å². The van der Waals surface area contributed by atoms with Crippen LogP contribution < -0.4 is 0 Å². The van der Waals surface area contributed by atoms with Crippen LogP contribution in [-0.4, -0.2) is 6.29 Å². The molecule has 2 heteroatoms. The maximum absolute atomic E-state index is 12.5. The fraction of sp³-hybridized carbons (Fsp3) is 0.300. The van der Waals surface area contributed by atoms with Crippen molar-refractivity contribution in [1.82, 2.24) is 0 Å². The summed E-state index contributed by atoms with van der Waals surface area (Å²) in [4.78, 5) is 10.7. The molecule has 1 aliphatic rings. The first-order valence-corrected chi connectivity index (χ1v) is 3.99. The lowest BCUT2D eigenvalue weighted by Gasteiger charge is -2.05. The minimum Gasteiger partial charge on any atom is -0.302 e. The molecule has 1 nitrogen and oxygen atoms in total. The molecule has 0 atom stereocenters. The Kier molecular flexibility index (Phi) is 1.50. The lowest BCUT2D eigenvalue weighted by atomic mass is 9.98. The van der Waals surface area contributed by atoms with Gasteiger partial charge in [0.1, 0.15) is 12.1 Å². The normalized spacial score (nSPS) is 18.8. The third kappa shape index (κ3) is 1.04. The van der Waals surface area contributed by atoms with Crippen molar-refractivity contribution in [3.8, 4) is 0 Å². The van der Waals surface area contributed by atoms with Crippen LogP contribution in [0, 0.1) is 5.82 Å². The van der Waals surface area contributed by atoms with Gasteiger partial charge in [0.25, 0.3) is 0 Å². The van der Waals surface area contributed by atoms with Crippen molar-refractivity contribution in [1.29, 1.82) is 0 Å². The highest BCUT2D eigenvalue weighted by Crippen LogP contribution is 2.45. The van der Waals surface area contributed by atoms with E-state index in [-0.39, 0.29) is 11.2 Å². The van der Waals surface area contributed by atoms with Gasteiger partial charge in [0.05, 0.1) is 5.41 Å². The van der Waals surface area contributed by atoms with Gasteiger partial charge in [0, 0.05) is 0 Å². The summed E-state index contributed by atoms with van der Waals surface area (Å²) < 4.78 is 12.5. The predicted molar refractivity (Wildman–Crippen MR) is 43.4 cm³/mol. The first kappa shape index (κ1) is 7.47. The minimum atomic E-state index is -0.270. The van der Waals surface area contributed by atoms with E-state index < -0.39 is 0 Å². The zero-order valence-electron chi connectivity index (χ0n) is 6.59. The van der Waals surface area contributed by atoms with Crippen LogP contribution in [0.4, 0.5) is 4.39 Å². The molecule has 0 N–H and O–H groups in total. The molecular weight excluding hydrogens is 155 g/mol. The van der Waals surface area contributed by atoms with Gasteiger partial charge in [-0.15, -0.1) is 0 Å². The number of carbonyl (C=O) groups excluding carboxylic acids is 1. The van der Waals surface area contributed by atoms with Gasteiger partial charge in [-0.1, -0.05) is 12.1 Å². The summed E-state index contributed by atoms with van der Waals surface area (Å²) in [5, 5.41) is 0. The maximum atomic E-state index is 12.5. The molecule has 12 heavy (non-hydrogen) atoms. The number of hydrogen-bond donors (Lipinski definition) is 0. The molecule has 1 aliphatic carbocycles. The standard InChI is InChI=1S/C10H9FO/c11-9-3-1-8(2-4-9)10(7-12)5-6-10/h1-4,7H,5-6H2. The van der Waals surface area contributed by atoms with Crippen LogP contribution in [0.25, 0.3) is 0 Å². The molecular formula is C10H9FO. The Balaban J connectivity index is 2.35. The second-order valence-electron chi connectivity index (χ2n) is 3.28. The van der Waals surface area contributed by atoms with Crippen molar-refractivity contribution in [2.75, 3.05) is 0 Å². The number of halogens is 1. The maximum Gasteiger partial charge on any atom is 0.130 e. The molecule has 0 bridgehead atoms. The van der Waals surface area contributed by atoms with Crippen molar-refractivity contribution in [2.24, 2.45) is 0 Å². The molecule has 0 unspecified atom stereocenters. The van der Waals surface area contributed by atoms with E-state index in [1.165, 1.54) is 12.1 Å². The van der Waals surface area contributed by atoms with E-state index in [1.807, 2.05) is 0 Å². The lowest BCUT2D eigenvalue weighted by Crippen LogP contribution is -2.07. The molecule has 0 spiro atoms. The largest absolute Gasteiger partial charge is 0.302 e. The van der Waals surface area contributed by atoms with E-state index in [9.17, 15) is 9.18 Å². The number of carbonyl (C=O) groups is 1. The van der Waals surface area contributed by atoms with Gasteiger partial charge >= 0.3 is 0 Å². The zero-order valence-corrected chi connectivity index (χ0v) is 6.59. The van der Waals surface area contributed by atoms with Gasteiger partial charge in [-0.05, 0) is 30.5 Å². The average molecular weight is 164 g/mol. The lowest BCUT2D eigenvalue weighted by molar-refractivity contribution is -0.109. The molecule has 1 saturated carbocycles. The molecule has 62 valence electrons. The first-order chi connectivity index (χ1) is 5.77. The minimum absolute atomic E-state index is 0.250. The third-order valence-electron chi connectivity index (χ3n) is 2.43. The molecule has 1 aromatic carbocycles.